The molecule has 3 atom stereocenters. The number of carbonyl (C=O) groups excluding carboxylic acids is 1. The highest BCUT2D eigenvalue weighted by Gasteiger charge is 2.35. The molecular formula is C20H31NO3. The Morgan fingerprint density at radius 3 is 2.79 bits per heavy atom. The van der Waals surface area contributed by atoms with E-state index in [-0.39, 0.29) is 17.6 Å². The lowest BCUT2D eigenvalue weighted by Crippen LogP contribution is -2.40. The maximum absolute atomic E-state index is 12.7. The summed E-state index contributed by atoms with van der Waals surface area (Å²) >= 11 is 0. The Morgan fingerprint density at radius 1 is 1.38 bits per heavy atom. The summed E-state index contributed by atoms with van der Waals surface area (Å²) in [5.41, 5.74) is 1.04. The van der Waals surface area contributed by atoms with Gasteiger partial charge in [-0.3, -0.25) is 4.79 Å². The van der Waals surface area contributed by atoms with Gasteiger partial charge in [-0.1, -0.05) is 33.3 Å². The van der Waals surface area contributed by atoms with E-state index < -0.39 is 0 Å². The first kappa shape index (κ1) is 18.6. The van der Waals surface area contributed by atoms with E-state index >= 15 is 0 Å². The van der Waals surface area contributed by atoms with E-state index in [4.69, 9.17) is 4.74 Å². The number of nitrogens with one attached hydrogen (secondary N) is 1. The zero-order valence-corrected chi connectivity index (χ0v) is 15.3. The molecule has 0 radical (unpaired) electrons. The van der Waals surface area contributed by atoms with Crippen LogP contribution in [0.2, 0.25) is 0 Å². The van der Waals surface area contributed by atoms with Gasteiger partial charge in [-0.05, 0) is 54.7 Å². The number of benzene rings is 1. The van der Waals surface area contributed by atoms with Crippen molar-refractivity contribution in [1.82, 2.24) is 5.32 Å². The van der Waals surface area contributed by atoms with Crippen molar-refractivity contribution in [1.29, 1.82) is 0 Å². The number of phenolic OH excluding ortho intramolecular Hbond substituents is 1. The largest absolute Gasteiger partial charge is 0.504 e. The summed E-state index contributed by atoms with van der Waals surface area (Å²) in [7, 11) is 1.54. The van der Waals surface area contributed by atoms with Gasteiger partial charge in [-0.25, -0.2) is 0 Å². The van der Waals surface area contributed by atoms with Crippen LogP contribution in [0.3, 0.4) is 0 Å². The van der Waals surface area contributed by atoms with Crippen molar-refractivity contribution in [3.8, 4) is 11.5 Å². The van der Waals surface area contributed by atoms with Crippen molar-refractivity contribution in [2.45, 2.75) is 46.5 Å². The molecule has 1 saturated carbocycles. The smallest absolute Gasteiger partial charge is 0.223 e. The van der Waals surface area contributed by atoms with Crippen LogP contribution in [0.15, 0.2) is 18.2 Å². The van der Waals surface area contributed by atoms with Gasteiger partial charge in [0.25, 0.3) is 0 Å². The van der Waals surface area contributed by atoms with E-state index in [0.717, 1.165) is 24.8 Å². The van der Waals surface area contributed by atoms with Gasteiger partial charge in [0.05, 0.1) is 7.11 Å². The topological polar surface area (TPSA) is 58.6 Å². The maximum atomic E-state index is 12.7. The van der Waals surface area contributed by atoms with E-state index in [1.54, 1.807) is 6.07 Å². The van der Waals surface area contributed by atoms with E-state index in [2.05, 4.69) is 26.1 Å². The fourth-order valence-corrected chi connectivity index (χ4v) is 3.84. The summed E-state index contributed by atoms with van der Waals surface area (Å²) in [5, 5.41) is 12.7. The lowest BCUT2D eigenvalue weighted by molar-refractivity contribution is -0.129. The van der Waals surface area contributed by atoms with Crippen LogP contribution in [0.4, 0.5) is 0 Å². The molecule has 0 unspecified atom stereocenters. The van der Waals surface area contributed by atoms with Crippen LogP contribution < -0.4 is 10.1 Å². The highest BCUT2D eigenvalue weighted by atomic mass is 16.5. The Balaban J connectivity index is 1.90. The Kier molecular flexibility index (Phi) is 6.52. The molecule has 0 bridgehead atoms. The summed E-state index contributed by atoms with van der Waals surface area (Å²) in [5.74, 6) is 2.64. The van der Waals surface area contributed by atoms with Crippen molar-refractivity contribution in [2.75, 3.05) is 13.7 Å². The van der Waals surface area contributed by atoms with Crippen LogP contribution >= 0.6 is 0 Å². The van der Waals surface area contributed by atoms with Crippen molar-refractivity contribution in [3.05, 3.63) is 23.8 Å². The second-order valence-electron chi connectivity index (χ2n) is 7.48. The number of hydrogen-bond donors (Lipinski definition) is 2. The second-order valence-corrected chi connectivity index (χ2v) is 7.48. The molecule has 0 aliphatic heterocycles. The number of rotatable bonds is 6. The molecule has 1 aliphatic rings. The van der Waals surface area contributed by atoms with Crippen LogP contribution in [0.1, 0.15) is 45.6 Å². The fourth-order valence-electron chi connectivity index (χ4n) is 3.84. The highest BCUT2D eigenvalue weighted by molar-refractivity contribution is 5.79. The average Bonchev–Trinajstić information content (AvgIpc) is 2.55. The fraction of sp³-hybridized carbons (Fsp3) is 0.650. The molecule has 0 saturated heterocycles. The quantitative estimate of drug-likeness (QED) is 0.833. The van der Waals surface area contributed by atoms with Crippen LogP contribution in [-0.2, 0) is 11.2 Å². The van der Waals surface area contributed by atoms with Crippen molar-refractivity contribution < 1.29 is 14.6 Å². The molecule has 0 heterocycles. The normalized spacial score (nSPS) is 24.0. The monoisotopic (exact) mass is 333 g/mol. The van der Waals surface area contributed by atoms with Crippen molar-refractivity contribution in [3.63, 3.8) is 0 Å². The number of ether oxygens (including phenoxy) is 1. The van der Waals surface area contributed by atoms with Crippen molar-refractivity contribution in [2.24, 2.45) is 23.7 Å². The molecular weight excluding hydrogens is 302 g/mol. The van der Waals surface area contributed by atoms with Gasteiger partial charge in [0.15, 0.2) is 11.5 Å². The minimum atomic E-state index is 0.140. The first-order chi connectivity index (χ1) is 11.4. The molecule has 2 N–H and O–H groups in total. The minimum Gasteiger partial charge on any atom is -0.504 e. The standard InChI is InChI=1S/C20H31NO3/c1-13(2)16-7-5-14(3)11-17(16)20(23)21-10-9-15-6-8-18(22)19(12-15)24-4/h6,8,12-14,16-17,22H,5,7,9-11H2,1-4H3,(H,21,23)/t14-,16+,17-/m1/s1. The molecule has 134 valence electrons. The summed E-state index contributed by atoms with van der Waals surface area (Å²) in [6.45, 7) is 7.31. The number of carbonyl (C=O) groups is 1. The molecule has 1 amide bonds. The van der Waals surface area contributed by atoms with Gasteiger partial charge >= 0.3 is 0 Å². The molecule has 0 aromatic heterocycles. The van der Waals surface area contributed by atoms with Crippen LogP contribution in [0, 0.1) is 23.7 Å². The molecule has 1 aromatic rings. The third kappa shape index (κ3) is 4.65. The first-order valence-electron chi connectivity index (χ1n) is 9.06. The Morgan fingerprint density at radius 2 is 2.12 bits per heavy atom. The summed E-state index contributed by atoms with van der Waals surface area (Å²) < 4.78 is 5.12. The lowest BCUT2D eigenvalue weighted by atomic mass is 9.70. The molecule has 1 aliphatic carbocycles. The lowest BCUT2D eigenvalue weighted by Gasteiger charge is -2.36. The minimum absolute atomic E-state index is 0.140. The Bertz CT molecular complexity index is 556. The first-order valence-corrected chi connectivity index (χ1v) is 9.06. The van der Waals surface area contributed by atoms with Gasteiger partial charge in [0.2, 0.25) is 5.91 Å². The molecule has 24 heavy (non-hydrogen) atoms. The molecule has 0 spiro atoms. The van der Waals surface area contributed by atoms with E-state index in [0.29, 0.717) is 30.0 Å². The second kappa shape index (κ2) is 8.41. The van der Waals surface area contributed by atoms with E-state index in [1.807, 2.05) is 12.1 Å². The SMILES string of the molecule is COc1cc(CCNC(=O)[C@@H]2C[C@H](C)CC[C@H]2C(C)C)ccc1O. The van der Waals surface area contributed by atoms with Gasteiger partial charge in [-0.15, -0.1) is 0 Å². The number of methoxy groups -OCH3 is 1. The third-order valence-electron chi connectivity index (χ3n) is 5.32. The zero-order chi connectivity index (χ0) is 17.7. The van der Waals surface area contributed by atoms with Gasteiger partial charge < -0.3 is 15.2 Å². The number of aromatic hydroxyl groups is 1. The number of hydrogen-bond acceptors (Lipinski definition) is 3. The van der Waals surface area contributed by atoms with Crippen LogP contribution in [0.5, 0.6) is 11.5 Å². The highest BCUT2D eigenvalue weighted by Crippen LogP contribution is 2.38. The van der Waals surface area contributed by atoms with E-state index in [9.17, 15) is 9.90 Å². The summed E-state index contributed by atoms with van der Waals surface area (Å²) in [6, 6.07) is 5.32. The maximum Gasteiger partial charge on any atom is 0.223 e. The summed E-state index contributed by atoms with van der Waals surface area (Å²) in [4.78, 5) is 12.7. The number of phenols is 1. The average molecular weight is 333 g/mol. The molecule has 2 rings (SSSR count). The van der Waals surface area contributed by atoms with Crippen molar-refractivity contribution >= 4 is 5.91 Å². The summed E-state index contributed by atoms with van der Waals surface area (Å²) in [6.07, 6.45) is 4.13. The zero-order valence-electron chi connectivity index (χ0n) is 15.3. The molecule has 1 fully saturated rings. The predicted octanol–water partition coefficient (Wildman–Crippen LogP) is 3.77. The van der Waals surface area contributed by atoms with E-state index in [1.165, 1.54) is 13.5 Å². The molecule has 1 aromatic carbocycles. The molecule has 4 heteroatoms. The van der Waals surface area contributed by atoms with Crippen LogP contribution in [-0.4, -0.2) is 24.7 Å². The number of amides is 1. The van der Waals surface area contributed by atoms with Gasteiger partial charge in [0, 0.05) is 12.5 Å². The van der Waals surface area contributed by atoms with Gasteiger partial charge in [0.1, 0.15) is 0 Å². The Labute approximate surface area is 145 Å². The molecule has 4 nitrogen and oxygen atoms in total. The predicted molar refractivity (Wildman–Crippen MR) is 96.2 cm³/mol. The Hall–Kier alpha value is -1.71. The van der Waals surface area contributed by atoms with Gasteiger partial charge in [-0.2, -0.15) is 0 Å². The van der Waals surface area contributed by atoms with Crippen LogP contribution in [0.25, 0.3) is 0 Å². The third-order valence-corrected chi connectivity index (χ3v) is 5.32.